The Labute approximate surface area is 120 Å². The maximum Gasteiger partial charge on any atom is 0.269 e. The summed E-state index contributed by atoms with van der Waals surface area (Å²) in [6.07, 6.45) is 2.37. The second-order valence-corrected chi connectivity index (χ2v) is 5.18. The van der Waals surface area contributed by atoms with Crippen LogP contribution in [-0.4, -0.2) is 31.2 Å². The van der Waals surface area contributed by atoms with E-state index in [2.05, 4.69) is 20.8 Å². The first-order chi connectivity index (χ1) is 9.17. The van der Waals surface area contributed by atoms with Crippen molar-refractivity contribution >= 4 is 27.3 Å². The third kappa shape index (κ3) is 3.45. The van der Waals surface area contributed by atoms with Gasteiger partial charge in [-0.3, -0.25) is 10.1 Å². The zero-order chi connectivity index (χ0) is 13.8. The summed E-state index contributed by atoms with van der Waals surface area (Å²) in [5.74, 6) is 0. The molecular weight excluding hydrogens is 312 g/mol. The van der Waals surface area contributed by atoms with E-state index >= 15 is 0 Å². The summed E-state index contributed by atoms with van der Waals surface area (Å²) < 4.78 is 5.15. The van der Waals surface area contributed by atoms with Gasteiger partial charge in [-0.25, -0.2) is 0 Å². The third-order valence-corrected chi connectivity index (χ3v) is 3.86. The molecule has 0 unspecified atom stereocenters. The molecule has 0 spiro atoms. The minimum Gasteiger partial charge on any atom is -0.383 e. The summed E-state index contributed by atoms with van der Waals surface area (Å²) in [6, 6.07) is 5.62. The second kappa shape index (κ2) is 6.34. The number of nitro groups is 1. The highest BCUT2D eigenvalue weighted by atomic mass is 79.9. The molecule has 1 fully saturated rings. The summed E-state index contributed by atoms with van der Waals surface area (Å²) in [5, 5.41) is 11.4. The zero-order valence-electron chi connectivity index (χ0n) is 10.8. The number of nitro benzene ring substituents is 1. The Morgan fingerprint density at radius 2 is 2.26 bits per heavy atom. The molecule has 0 amide bonds. The van der Waals surface area contributed by atoms with Crippen LogP contribution in [0.25, 0.3) is 0 Å². The van der Waals surface area contributed by atoms with Crippen molar-refractivity contribution in [1.29, 1.82) is 0 Å². The van der Waals surface area contributed by atoms with E-state index < -0.39 is 0 Å². The SMILES string of the molecule is COCCN(c1ccc([N+](=O)[O-])cc1CBr)C1CC1. The van der Waals surface area contributed by atoms with Gasteiger partial charge in [-0.05, 0) is 24.5 Å². The summed E-state index contributed by atoms with van der Waals surface area (Å²) in [4.78, 5) is 12.8. The lowest BCUT2D eigenvalue weighted by molar-refractivity contribution is -0.384. The predicted octanol–water partition coefficient (Wildman–Crippen LogP) is 3.10. The van der Waals surface area contributed by atoms with Crippen molar-refractivity contribution in [3.05, 3.63) is 33.9 Å². The fraction of sp³-hybridized carbons (Fsp3) is 0.538. The average Bonchev–Trinajstić information content (AvgIpc) is 3.23. The fourth-order valence-electron chi connectivity index (χ4n) is 2.15. The first-order valence-electron chi connectivity index (χ1n) is 6.26. The molecule has 0 aromatic heterocycles. The number of hydrogen-bond acceptors (Lipinski definition) is 4. The smallest absolute Gasteiger partial charge is 0.269 e. The molecule has 6 heteroatoms. The van der Waals surface area contributed by atoms with Gasteiger partial charge in [0.2, 0.25) is 0 Å². The van der Waals surface area contributed by atoms with Crippen LogP contribution in [0.3, 0.4) is 0 Å². The van der Waals surface area contributed by atoms with Gasteiger partial charge >= 0.3 is 0 Å². The molecule has 1 aromatic rings. The summed E-state index contributed by atoms with van der Waals surface area (Å²) >= 11 is 3.42. The Morgan fingerprint density at radius 1 is 1.53 bits per heavy atom. The molecular formula is C13H17BrN2O3. The van der Waals surface area contributed by atoms with Crippen molar-refractivity contribution in [3.8, 4) is 0 Å². The Hall–Kier alpha value is -1.14. The van der Waals surface area contributed by atoms with Crippen LogP contribution >= 0.6 is 15.9 Å². The minimum atomic E-state index is -0.355. The van der Waals surface area contributed by atoms with Crippen molar-refractivity contribution in [2.75, 3.05) is 25.2 Å². The number of hydrogen-bond donors (Lipinski definition) is 0. The molecule has 0 N–H and O–H groups in total. The highest BCUT2D eigenvalue weighted by Gasteiger charge is 2.30. The molecule has 19 heavy (non-hydrogen) atoms. The van der Waals surface area contributed by atoms with Gasteiger partial charge in [-0.15, -0.1) is 0 Å². The van der Waals surface area contributed by atoms with Gasteiger partial charge in [0, 0.05) is 42.8 Å². The van der Waals surface area contributed by atoms with E-state index in [4.69, 9.17) is 4.74 Å². The molecule has 1 saturated carbocycles. The number of nitrogens with zero attached hydrogens (tertiary/aromatic N) is 2. The topological polar surface area (TPSA) is 55.6 Å². The first-order valence-corrected chi connectivity index (χ1v) is 7.38. The van der Waals surface area contributed by atoms with Crippen LogP contribution in [0.15, 0.2) is 18.2 Å². The lowest BCUT2D eigenvalue weighted by atomic mass is 10.1. The largest absolute Gasteiger partial charge is 0.383 e. The Kier molecular flexibility index (Phi) is 4.76. The van der Waals surface area contributed by atoms with Crippen LogP contribution in [0.2, 0.25) is 0 Å². The lowest BCUT2D eigenvalue weighted by Gasteiger charge is -2.26. The van der Waals surface area contributed by atoms with Crippen LogP contribution in [0.1, 0.15) is 18.4 Å². The molecule has 2 rings (SSSR count). The van der Waals surface area contributed by atoms with E-state index in [9.17, 15) is 10.1 Å². The van der Waals surface area contributed by atoms with Crippen LogP contribution in [0.4, 0.5) is 11.4 Å². The number of methoxy groups -OCH3 is 1. The second-order valence-electron chi connectivity index (χ2n) is 4.62. The van der Waals surface area contributed by atoms with Crippen molar-refractivity contribution in [1.82, 2.24) is 0 Å². The van der Waals surface area contributed by atoms with Crippen LogP contribution in [-0.2, 0) is 10.1 Å². The van der Waals surface area contributed by atoms with Gasteiger partial charge < -0.3 is 9.64 Å². The highest BCUT2D eigenvalue weighted by molar-refractivity contribution is 9.08. The Morgan fingerprint density at radius 3 is 2.79 bits per heavy atom. The van der Waals surface area contributed by atoms with Gasteiger partial charge in [0.1, 0.15) is 0 Å². The Bertz CT molecular complexity index is 463. The number of rotatable bonds is 7. The van der Waals surface area contributed by atoms with E-state index in [0.717, 1.165) is 17.8 Å². The maximum absolute atomic E-state index is 10.8. The van der Waals surface area contributed by atoms with Gasteiger partial charge in [0.15, 0.2) is 0 Å². The monoisotopic (exact) mass is 328 g/mol. The molecule has 0 radical (unpaired) electrons. The van der Waals surface area contributed by atoms with E-state index in [0.29, 0.717) is 18.0 Å². The Balaban J connectivity index is 2.27. The van der Waals surface area contributed by atoms with Crippen molar-refractivity contribution in [3.63, 3.8) is 0 Å². The van der Waals surface area contributed by atoms with E-state index in [1.807, 2.05) is 6.07 Å². The normalized spacial score (nSPS) is 14.4. The van der Waals surface area contributed by atoms with Crippen LogP contribution in [0.5, 0.6) is 0 Å². The van der Waals surface area contributed by atoms with Crippen molar-refractivity contribution < 1.29 is 9.66 Å². The van der Waals surface area contributed by atoms with E-state index in [1.165, 1.54) is 12.8 Å². The maximum atomic E-state index is 10.8. The summed E-state index contributed by atoms with van der Waals surface area (Å²) in [7, 11) is 1.69. The quantitative estimate of drug-likeness (QED) is 0.438. The minimum absolute atomic E-state index is 0.140. The number of ether oxygens (including phenoxy) is 1. The lowest BCUT2D eigenvalue weighted by Crippen LogP contribution is -2.30. The molecule has 0 bridgehead atoms. The molecule has 0 atom stereocenters. The summed E-state index contributed by atoms with van der Waals surface area (Å²) in [6.45, 7) is 1.48. The number of halogens is 1. The number of alkyl halides is 1. The van der Waals surface area contributed by atoms with Crippen LogP contribution in [0, 0.1) is 10.1 Å². The number of benzene rings is 1. The fourth-order valence-corrected chi connectivity index (χ4v) is 2.60. The molecule has 1 aromatic carbocycles. The molecule has 0 heterocycles. The molecule has 1 aliphatic carbocycles. The number of non-ortho nitro benzene ring substituents is 1. The van der Waals surface area contributed by atoms with Crippen LogP contribution < -0.4 is 4.90 Å². The van der Waals surface area contributed by atoms with Gasteiger partial charge in [0.05, 0.1) is 11.5 Å². The molecule has 5 nitrogen and oxygen atoms in total. The van der Waals surface area contributed by atoms with E-state index in [1.54, 1.807) is 19.2 Å². The van der Waals surface area contributed by atoms with Gasteiger partial charge in [0.25, 0.3) is 5.69 Å². The zero-order valence-corrected chi connectivity index (χ0v) is 12.4. The average molecular weight is 329 g/mol. The van der Waals surface area contributed by atoms with Crippen molar-refractivity contribution in [2.24, 2.45) is 0 Å². The molecule has 104 valence electrons. The van der Waals surface area contributed by atoms with Gasteiger partial charge in [-0.2, -0.15) is 0 Å². The molecule has 0 saturated heterocycles. The number of anilines is 1. The molecule has 1 aliphatic rings. The summed E-state index contributed by atoms with van der Waals surface area (Å²) in [5.41, 5.74) is 2.17. The molecule has 0 aliphatic heterocycles. The van der Waals surface area contributed by atoms with E-state index in [-0.39, 0.29) is 10.6 Å². The van der Waals surface area contributed by atoms with Gasteiger partial charge in [-0.1, -0.05) is 15.9 Å². The standard InChI is InChI=1S/C13H17BrN2O3/c1-19-7-6-15(11-2-3-11)13-5-4-12(16(17)18)8-10(13)9-14/h4-5,8,11H,2-3,6-7,9H2,1H3. The predicted molar refractivity (Wildman–Crippen MR) is 78.0 cm³/mol. The third-order valence-electron chi connectivity index (χ3n) is 3.25. The highest BCUT2D eigenvalue weighted by Crippen LogP contribution is 2.35. The van der Waals surface area contributed by atoms with Crippen molar-refractivity contribution in [2.45, 2.75) is 24.2 Å². The first kappa shape index (κ1) is 14.3.